The fourth-order valence-corrected chi connectivity index (χ4v) is 4.14. The summed E-state index contributed by atoms with van der Waals surface area (Å²) in [6, 6.07) is 0. The van der Waals surface area contributed by atoms with Gasteiger partial charge < -0.3 is 9.26 Å². The molecule has 7 nitrogen and oxygen atoms in total. The molecule has 0 aromatic carbocycles. The molecule has 1 aromatic heterocycles. The van der Waals surface area contributed by atoms with Crippen LogP contribution in [0, 0.1) is 12.8 Å². The lowest BCUT2D eigenvalue weighted by atomic mass is 10.0. The average Bonchev–Trinajstić information content (AvgIpc) is 3.04. The number of fused-ring (bicyclic) bond motifs is 1. The van der Waals surface area contributed by atoms with Gasteiger partial charge in [-0.15, -0.1) is 0 Å². The molecule has 2 aliphatic rings. The van der Waals surface area contributed by atoms with Crippen LogP contribution >= 0.6 is 0 Å². The highest BCUT2D eigenvalue weighted by Gasteiger charge is 2.45. The normalized spacial score (nSPS) is 30.8. The van der Waals surface area contributed by atoms with Crippen molar-refractivity contribution in [1.29, 1.82) is 0 Å². The Morgan fingerprint density at radius 1 is 1.40 bits per heavy atom. The van der Waals surface area contributed by atoms with E-state index in [4.69, 9.17) is 9.26 Å². The van der Waals surface area contributed by atoms with Gasteiger partial charge in [0.05, 0.1) is 24.4 Å². The maximum atomic E-state index is 11.8. The third kappa shape index (κ3) is 2.59. The first-order valence-corrected chi connectivity index (χ1v) is 8.51. The largest absolute Gasteiger partial charge is 0.373 e. The van der Waals surface area contributed by atoms with Crippen molar-refractivity contribution in [3.05, 3.63) is 11.7 Å². The van der Waals surface area contributed by atoms with E-state index in [9.17, 15) is 8.42 Å². The van der Waals surface area contributed by atoms with Crippen LogP contribution in [0.2, 0.25) is 0 Å². The maximum Gasteiger partial charge on any atom is 0.229 e. The van der Waals surface area contributed by atoms with E-state index >= 15 is 0 Å². The van der Waals surface area contributed by atoms with E-state index < -0.39 is 10.0 Å². The molecular weight excluding hydrogens is 282 g/mol. The highest BCUT2D eigenvalue weighted by Crippen LogP contribution is 2.35. The number of ether oxygens (including phenoxy) is 1. The van der Waals surface area contributed by atoms with Crippen molar-refractivity contribution in [3.63, 3.8) is 0 Å². The van der Waals surface area contributed by atoms with Gasteiger partial charge in [-0.05, 0) is 20.3 Å². The number of aryl methyl sites for hydroxylation is 1. The van der Waals surface area contributed by atoms with Crippen molar-refractivity contribution in [2.24, 2.45) is 5.92 Å². The zero-order valence-electron chi connectivity index (χ0n) is 11.7. The van der Waals surface area contributed by atoms with Gasteiger partial charge in [0.15, 0.2) is 5.82 Å². The molecule has 8 heteroatoms. The van der Waals surface area contributed by atoms with Crippen molar-refractivity contribution >= 4 is 10.0 Å². The molecule has 0 spiro atoms. The van der Waals surface area contributed by atoms with Crippen LogP contribution in [0.3, 0.4) is 0 Å². The summed E-state index contributed by atoms with van der Waals surface area (Å²) in [4.78, 5) is 4.17. The lowest BCUT2D eigenvalue weighted by Gasteiger charge is -2.17. The fourth-order valence-electron chi connectivity index (χ4n) is 2.98. The minimum absolute atomic E-state index is 0.00495. The van der Waals surface area contributed by atoms with Gasteiger partial charge in [0.1, 0.15) is 0 Å². The Bertz CT molecular complexity index is 571. The standard InChI is InChI=1S/C12H19N3O4S/c1-3-20(16,17)15-6-9-4-10(18-11(9)7-15)5-12-13-8(2)14-19-12/h9-11H,3-7H2,1-2H3/t9-,10+,11+/m0/s1. The summed E-state index contributed by atoms with van der Waals surface area (Å²) in [5, 5.41) is 3.76. The van der Waals surface area contributed by atoms with Crippen molar-refractivity contribution in [3.8, 4) is 0 Å². The van der Waals surface area contributed by atoms with E-state index in [1.54, 1.807) is 18.2 Å². The number of aromatic nitrogens is 2. The quantitative estimate of drug-likeness (QED) is 0.798. The van der Waals surface area contributed by atoms with Crippen molar-refractivity contribution in [2.75, 3.05) is 18.8 Å². The van der Waals surface area contributed by atoms with Gasteiger partial charge in [-0.3, -0.25) is 0 Å². The molecule has 20 heavy (non-hydrogen) atoms. The predicted octanol–water partition coefficient (Wildman–Crippen LogP) is 0.360. The molecule has 0 bridgehead atoms. The van der Waals surface area contributed by atoms with Crippen LogP contribution in [0.4, 0.5) is 0 Å². The number of rotatable bonds is 4. The van der Waals surface area contributed by atoms with Crippen LogP contribution in [0.25, 0.3) is 0 Å². The summed E-state index contributed by atoms with van der Waals surface area (Å²) in [6.45, 7) is 4.50. The molecule has 0 aliphatic carbocycles. The van der Waals surface area contributed by atoms with Gasteiger partial charge in [0, 0.05) is 19.0 Å². The van der Waals surface area contributed by atoms with E-state index in [-0.39, 0.29) is 23.9 Å². The van der Waals surface area contributed by atoms with Crippen LogP contribution in [-0.2, 0) is 21.2 Å². The zero-order chi connectivity index (χ0) is 14.3. The average molecular weight is 301 g/mol. The van der Waals surface area contributed by atoms with Gasteiger partial charge >= 0.3 is 0 Å². The molecule has 2 aliphatic heterocycles. The number of nitrogens with zero attached hydrogens (tertiary/aromatic N) is 3. The zero-order valence-corrected chi connectivity index (χ0v) is 12.5. The van der Waals surface area contributed by atoms with Crippen molar-refractivity contribution in [2.45, 2.75) is 38.9 Å². The monoisotopic (exact) mass is 301 g/mol. The third-order valence-corrected chi connectivity index (χ3v) is 5.83. The molecule has 0 unspecified atom stereocenters. The second-order valence-corrected chi connectivity index (χ2v) is 7.71. The molecule has 2 saturated heterocycles. The highest BCUT2D eigenvalue weighted by atomic mass is 32.2. The lowest BCUT2D eigenvalue weighted by molar-refractivity contribution is 0.0400. The van der Waals surface area contributed by atoms with Crippen molar-refractivity contribution < 1.29 is 17.7 Å². The molecular formula is C12H19N3O4S. The molecule has 0 N–H and O–H groups in total. The molecule has 0 saturated carbocycles. The van der Waals surface area contributed by atoms with Crippen LogP contribution in [-0.4, -0.2) is 53.9 Å². The molecule has 3 heterocycles. The van der Waals surface area contributed by atoms with Gasteiger partial charge in [-0.2, -0.15) is 9.29 Å². The topological polar surface area (TPSA) is 85.5 Å². The summed E-state index contributed by atoms with van der Waals surface area (Å²) < 4.78 is 36.3. The molecule has 112 valence electrons. The minimum Gasteiger partial charge on any atom is -0.373 e. The van der Waals surface area contributed by atoms with Gasteiger partial charge in [0.25, 0.3) is 0 Å². The van der Waals surface area contributed by atoms with Crippen molar-refractivity contribution in [1.82, 2.24) is 14.4 Å². The Morgan fingerprint density at radius 2 is 2.20 bits per heavy atom. The van der Waals surface area contributed by atoms with Crippen LogP contribution < -0.4 is 0 Å². The molecule has 0 radical (unpaired) electrons. The first-order valence-electron chi connectivity index (χ1n) is 6.90. The molecule has 2 fully saturated rings. The maximum absolute atomic E-state index is 11.8. The third-order valence-electron chi connectivity index (χ3n) is 4.01. The Hall–Kier alpha value is -0.990. The summed E-state index contributed by atoms with van der Waals surface area (Å²) in [7, 11) is -3.10. The Morgan fingerprint density at radius 3 is 2.80 bits per heavy atom. The number of hydrogen-bond donors (Lipinski definition) is 0. The Balaban J connectivity index is 1.58. The summed E-state index contributed by atoms with van der Waals surface area (Å²) in [5.41, 5.74) is 0. The van der Waals surface area contributed by atoms with E-state index in [0.717, 1.165) is 6.42 Å². The highest BCUT2D eigenvalue weighted by molar-refractivity contribution is 7.89. The van der Waals surface area contributed by atoms with E-state index in [2.05, 4.69) is 10.1 Å². The summed E-state index contributed by atoms with van der Waals surface area (Å²) in [6.07, 6.45) is 1.51. The smallest absolute Gasteiger partial charge is 0.229 e. The second-order valence-electron chi connectivity index (χ2n) is 5.45. The molecule has 3 rings (SSSR count). The lowest BCUT2D eigenvalue weighted by Crippen LogP contribution is -2.32. The number of hydrogen-bond acceptors (Lipinski definition) is 6. The van der Waals surface area contributed by atoms with Crippen LogP contribution in [0.15, 0.2) is 4.52 Å². The first-order chi connectivity index (χ1) is 9.48. The minimum atomic E-state index is -3.10. The van der Waals surface area contributed by atoms with E-state index in [1.165, 1.54) is 0 Å². The van der Waals surface area contributed by atoms with Gasteiger partial charge in [-0.25, -0.2) is 8.42 Å². The second kappa shape index (κ2) is 5.09. The number of sulfonamides is 1. The van der Waals surface area contributed by atoms with Gasteiger partial charge in [-0.1, -0.05) is 5.16 Å². The summed E-state index contributed by atoms with van der Waals surface area (Å²) in [5.74, 6) is 1.64. The summed E-state index contributed by atoms with van der Waals surface area (Å²) >= 11 is 0. The predicted molar refractivity (Wildman–Crippen MR) is 70.5 cm³/mol. The molecule has 3 atom stereocenters. The first kappa shape index (κ1) is 14.0. The Labute approximate surface area is 118 Å². The SMILES string of the molecule is CCS(=O)(=O)N1C[C@@H]2C[C@H](Cc3nc(C)no3)O[C@@H]2C1. The Kier molecular flexibility index (Phi) is 3.55. The van der Waals surface area contributed by atoms with Crippen LogP contribution in [0.5, 0.6) is 0 Å². The van der Waals surface area contributed by atoms with Gasteiger partial charge in [0.2, 0.25) is 15.9 Å². The van der Waals surface area contributed by atoms with E-state index in [0.29, 0.717) is 31.2 Å². The van der Waals surface area contributed by atoms with Crippen LogP contribution in [0.1, 0.15) is 25.1 Å². The fraction of sp³-hybridized carbons (Fsp3) is 0.833. The van der Waals surface area contributed by atoms with E-state index in [1.807, 2.05) is 0 Å². The molecule has 0 amide bonds. The molecule has 1 aromatic rings.